The minimum absolute atomic E-state index is 0.0722. The number of morpholine rings is 1. The number of nitrogens with zero attached hydrogens (tertiary/aromatic N) is 3. The molecule has 0 bridgehead atoms. The Bertz CT molecular complexity index is 498. The maximum absolute atomic E-state index is 12.6. The molecule has 0 radical (unpaired) electrons. The number of nitrogens with one attached hydrogen (secondary N) is 1. The van der Waals surface area contributed by atoms with E-state index in [4.69, 9.17) is 4.74 Å². The largest absolute Gasteiger partial charge is 0.382 e. The highest BCUT2D eigenvalue weighted by molar-refractivity contribution is 5.94. The number of carbonyl (C=O) groups excluding carboxylic acids is 1. The van der Waals surface area contributed by atoms with Gasteiger partial charge in [-0.1, -0.05) is 13.8 Å². The Balaban J connectivity index is 1.88. The van der Waals surface area contributed by atoms with Gasteiger partial charge in [0.1, 0.15) is 0 Å². The van der Waals surface area contributed by atoms with Gasteiger partial charge in [0.05, 0.1) is 24.5 Å². The zero-order valence-corrected chi connectivity index (χ0v) is 15.0. The summed E-state index contributed by atoms with van der Waals surface area (Å²) in [5, 5.41) is 3.37. The molecule has 0 aliphatic carbocycles. The maximum Gasteiger partial charge on any atom is 0.255 e. The summed E-state index contributed by atoms with van der Waals surface area (Å²) in [5.41, 5.74) is 1.57. The molecule has 0 unspecified atom stereocenters. The van der Waals surface area contributed by atoms with Crippen LogP contribution in [-0.4, -0.2) is 73.2 Å². The van der Waals surface area contributed by atoms with Gasteiger partial charge >= 0.3 is 0 Å². The van der Waals surface area contributed by atoms with Crippen LogP contribution in [-0.2, 0) is 4.74 Å². The van der Waals surface area contributed by atoms with Gasteiger partial charge in [-0.3, -0.25) is 14.7 Å². The standard InChI is InChI=1S/C18H30N4O2/c1-3-6-22(7-4-2)18(23)16-13-17(15-19-14-16)20-5-8-21-9-11-24-12-10-21/h13-15,20H,3-12H2,1-2H3. The highest BCUT2D eigenvalue weighted by Gasteiger charge is 2.15. The number of hydrogen-bond acceptors (Lipinski definition) is 5. The zero-order valence-electron chi connectivity index (χ0n) is 15.0. The van der Waals surface area contributed by atoms with Gasteiger partial charge in [-0.2, -0.15) is 0 Å². The van der Waals surface area contributed by atoms with Crippen molar-refractivity contribution in [3.8, 4) is 0 Å². The van der Waals surface area contributed by atoms with Gasteiger partial charge in [0, 0.05) is 51.7 Å². The summed E-state index contributed by atoms with van der Waals surface area (Å²) in [4.78, 5) is 21.2. The number of amides is 1. The molecule has 0 spiro atoms. The highest BCUT2D eigenvalue weighted by atomic mass is 16.5. The van der Waals surface area contributed by atoms with Gasteiger partial charge < -0.3 is 15.0 Å². The molecule has 1 saturated heterocycles. The predicted molar refractivity (Wildman–Crippen MR) is 96.5 cm³/mol. The van der Waals surface area contributed by atoms with Crippen LogP contribution in [0.4, 0.5) is 5.69 Å². The molecule has 0 saturated carbocycles. The first-order valence-corrected chi connectivity index (χ1v) is 9.03. The second-order valence-corrected chi connectivity index (χ2v) is 6.14. The summed E-state index contributed by atoms with van der Waals surface area (Å²) in [5.74, 6) is 0.0722. The lowest BCUT2D eigenvalue weighted by Gasteiger charge is -2.26. The average Bonchev–Trinajstić information content (AvgIpc) is 2.62. The van der Waals surface area contributed by atoms with Crippen LogP contribution in [0.5, 0.6) is 0 Å². The predicted octanol–water partition coefficient (Wildman–Crippen LogP) is 2.09. The van der Waals surface area contributed by atoms with Crippen LogP contribution in [0.15, 0.2) is 18.5 Å². The third-order valence-electron chi connectivity index (χ3n) is 4.12. The Morgan fingerprint density at radius 1 is 1.25 bits per heavy atom. The average molecular weight is 334 g/mol. The van der Waals surface area contributed by atoms with Crippen LogP contribution in [0.2, 0.25) is 0 Å². The lowest BCUT2D eigenvalue weighted by molar-refractivity contribution is 0.0398. The van der Waals surface area contributed by atoms with E-state index in [2.05, 4.69) is 29.0 Å². The van der Waals surface area contributed by atoms with Crippen LogP contribution >= 0.6 is 0 Å². The van der Waals surface area contributed by atoms with Crippen molar-refractivity contribution >= 4 is 11.6 Å². The highest BCUT2D eigenvalue weighted by Crippen LogP contribution is 2.12. The lowest BCUT2D eigenvalue weighted by Crippen LogP contribution is -2.39. The molecule has 0 atom stereocenters. The minimum atomic E-state index is 0.0722. The van der Waals surface area contributed by atoms with E-state index < -0.39 is 0 Å². The van der Waals surface area contributed by atoms with Gasteiger partial charge in [-0.05, 0) is 18.9 Å². The fourth-order valence-electron chi connectivity index (χ4n) is 2.87. The fourth-order valence-corrected chi connectivity index (χ4v) is 2.87. The molecule has 1 aliphatic rings. The van der Waals surface area contributed by atoms with E-state index in [-0.39, 0.29) is 5.91 Å². The molecule has 134 valence electrons. The molecule has 0 aromatic carbocycles. The smallest absolute Gasteiger partial charge is 0.255 e. The first-order chi connectivity index (χ1) is 11.7. The van der Waals surface area contributed by atoms with Crippen molar-refractivity contribution in [1.29, 1.82) is 0 Å². The third kappa shape index (κ3) is 5.76. The number of carbonyl (C=O) groups is 1. The van der Waals surface area contributed by atoms with Crippen molar-refractivity contribution in [1.82, 2.24) is 14.8 Å². The molecule has 1 N–H and O–H groups in total. The quantitative estimate of drug-likeness (QED) is 0.749. The third-order valence-corrected chi connectivity index (χ3v) is 4.12. The molecule has 1 fully saturated rings. The topological polar surface area (TPSA) is 57.7 Å². The van der Waals surface area contributed by atoms with E-state index in [0.717, 1.165) is 71.0 Å². The van der Waals surface area contributed by atoms with E-state index in [0.29, 0.717) is 5.56 Å². The van der Waals surface area contributed by atoms with E-state index >= 15 is 0 Å². The van der Waals surface area contributed by atoms with Crippen molar-refractivity contribution in [3.05, 3.63) is 24.0 Å². The SMILES string of the molecule is CCCN(CCC)C(=O)c1cncc(NCCN2CCOCC2)c1. The maximum atomic E-state index is 12.6. The molecule has 6 nitrogen and oxygen atoms in total. The molecular formula is C18H30N4O2. The van der Waals surface area contributed by atoms with Gasteiger partial charge in [0.15, 0.2) is 0 Å². The Morgan fingerprint density at radius 3 is 2.62 bits per heavy atom. The summed E-state index contributed by atoms with van der Waals surface area (Å²) in [7, 11) is 0. The zero-order chi connectivity index (χ0) is 17.2. The number of pyridine rings is 1. The van der Waals surface area contributed by atoms with E-state index in [1.165, 1.54) is 0 Å². The van der Waals surface area contributed by atoms with Gasteiger partial charge in [-0.15, -0.1) is 0 Å². The van der Waals surface area contributed by atoms with Gasteiger partial charge in [0.25, 0.3) is 5.91 Å². The fraction of sp³-hybridized carbons (Fsp3) is 0.667. The first kappa shape index (κ1) is 18.7. The molecule has 1 aliphatic heterocycles. The van der Waals surface area contributed by atoms with Crippen molar-refractivity contribution in [2.45, 2.75) is 26.7 Å². The van der Waals surface area contributed by atoms with Crippen LogP contribution < -0.4 is 5.32 Å². The number of rotatable bonds is 9. The molecule has 2 rings (SSSR count). The summed E-state index contributed by atoms with van der Waals surface area (Å²) < 4.78 is 5.35. The molecule has 2 heterocycles. The van der Waals surface area contributed by atoms with E-state index in [1.807, 2.05) is 11.0 Å². The Labute approximate surface area is 145 Å². The number of ether oxygens (including phenoxy) is 1. The Morgan fingerprint density at radius 2 is 1.96 bits per heavy atom. The number of anilines is 1. The molecule has 6 heteroatoms. The molecular weight excluding hydrogens is 304 g/mol. The van der Waals surface area contributed by atoms with Crippen LogP contribution in [0, 0.1) is 0 Å². The molecule has 1 amide bonds. The number of hydrogen-bond donors (Lipinski definition) is 1. The monoisotopic (exact) mass is 334 g/mol. The van der Waals surface area contributed by atoms with Crippen molar-refractivity contribution in [2.24, 2.45) is 0 Å². The summed E-state index contributed by atoms with van der Waals surface area (Å²) in [6.45, 7) is 11.2. The van der Waals surface area contributed by atoms with Crippen LogP contribution in [0.3, 0.4) is 0 Å². The van der Waals surface area contributed by atoms with Crippen molar-refractivity contribution in [3.63, 3.8) is 0 Å². The van der Waals surface area contributed by atoms with Gasteiger partial charge in [-0.25, -0.2) is 0 Å². The minimum Gasteiger partial charge on any atom is -0.382 e. The van der Waals surface area contributed by atoms with Crippen molar-refractivity contribution < 1.29 is 9.53 Å². The normalized spacial score (nSPS) is 15.2. The molecule has 1 aromatic heterocycles. The van der Waals surface area contributed by atoms with Crippen LogP contribution in [0.1, 0.15) is 37.0 Å². The second kappa shape index (κ2) is 10.3. The molecule has 1 aromatic rings. The van der Waals surface area contributed by atoms with E-state index in [9.17, 15) is 4.79 Å². The second-order valence-electron chi connectivity index (χ2n) is 6.14. The van der Waals surface area contributed by atoms with Gasteiger partial charge in [0.2, 0.25) is 0 Å². The lowest BCUT2D eigenvalue weighted by atomic mass is 10.2. The number of aromatic nitrogens is 1. The molecule has 24 heavy (non-hydrogen) atoms. The summed E-state index contributed by atoms with van der Waals surface area (Å²) in [6.07, 6.45) is 5.38. The Hall–Kier alpha value is -1.66. The summed E-state index contributed by atoms with van der Waals surface area (Å²) in [6, 6.07) is 1.91. The van der Waals surface area contributed by atoms with Crippen molar-refractivity contribution in [2.75, 3.05) is 57.8 Å². The first-order valence-electron chi connectivity index (χ1n) is 9.03. The van der Waals surface area contributed by atoms with E-state index in [1.54, 1.807) is 12.4 Å². The van der Waals surface area contributed by atoms with Crippen LogP contribution in [0.25, 0.3) is 0 Å². The summed E-state index contributed by atoms with van der Waals surface area (Å²) >= 11 is 0. The Kier molecular flexibility index (Phi) is 7.98.